The second kappa shape index (κ2) is 9.62. The third-order valence-electron chi connectivity index (χ3n) is 5.18. The van der Waals surface area contributed by atoms with Crippen molar-refractivity contribution in [2.24, 2.45) is 0 Å². The standard InChI is InChI=1S/C25H22F3N3OS/c1-2-3-5-17-7-11-19(12-8-17)29-24(32)18-9-13-20(14-10-18)31-21(22-6-4-15-33-22)16-23(30-31)25(26,27)28/h4,6-16H,2-3,5H2,1H3,(H,29,32). The molecule has 4 aromatic rings. The largest absolute Gasteiger partial charge is 0.435 e. The van der Waals surface area contributed by atoms with E-state index in [1.54, 1.807) is 41.8 Å². The Bertz CT molecular complexity index is 1210. The highest BCUT2D eigenvalue weighted by Crippen LogP contribution is 2.34. The molecule has 0 unspecified atom stereocenters. The number of anilines is 1. The highest BCUT2D eigenvalue weighted by molar-refractivity contribution is 7.13. The van der Waals surface area contributed by atoms with E-state index in [9.17, 15) is 18.0 Å². The predicted molar refractivity (Wildman–Crippen MR) is 125 cm³/mol. The topological polar surface area (TPSA) is 46.9 Å². The summed E-state index contributed by atoms with van der Waals surface area (Å²) >= 11 is 1.33. The van der Waals surface area contributed by atoms with Crippen molar-refractivity contribution in [2.75, 3.05) is 5.32 Å². The fraction of sp³-hybridized carbons (Fsp3) is 0.200. The van der Waals surface area contributed by atoms with E-state index in [-0.39, 0.29) is 5.91 Å². The van der Waals surface area contributed by atoms with Crippen LogP contribution in [0.15, 0.2) is 72.1 Å². The Morgan fingerprint density at radius 3 is 2.39 bits per heavy atom. The summed E-state index contributed by atoms with van der Waals surface area (Å²) in [7, 11) is 0. The van der Waals surface area contributed by atoms with Crippen LogP contribution in [-0.4, -0.2) is 15.7 Å². The molecule has 1 N–H and O–H groups in total. The molecule has 2 aromatic carbocycles. The van der Waals surface area contributed by atoms with Crippen LogP contribution in [0.1, 0.15) is 41.4 Å². The number of nitrogens with one attached hydrogen (secondary N) is 1. The van der Waals surface area contributed by atoms with E-state index < -0.39 is 11.9 Å². The zero-order valence-corrected chi connectivity index (χ0v) is 18.7. The first-order valence-corrected chi connectivity index (χ1v) is 11.4. The molecule has 0 saturated heterocycles. The van der Waals surface area contributed by atoms with Crippen LogP contribution in [0.5, 0.6) is 0 Å². The highest BCUT2D eigenvalue weighted by Gasteiger charge is 2.35. The molecule has 4 rings (SSSR count). The number of benzene rings is 2. The molecule has 0 aliphatic carbocycles. The summed E-state index contributed by atoms with van der Waals surface area (Å²) in [6.45, 7) is 2.14. The average Bonchev–Trinajstić information content (AvgIpc) is 3.48. The van der Waals surface area contributed by atoms with Gasteiger partial charge in [0.15, 0.2) is 5.69 Å². The molecule has 2 aromatic heterocycles. The second-order valence-electron chi connectivity index (χ2n) is 7.60. The van der Waals surface area contributed by atoms with Crippen molar-refractivity contribution in [3.05, 3.63) is 88.9 Å². The minimum atomic E-state index is -4.55. The molecule has 1 amide bonds. The summed E-state index contributed by atoms with van der Waals surface area (Å²) in [5.74, 6) is -0.294. The van der Waals surface area contributed by atoms with Crippen molar-refractivity contribution in [3.8, 4) is 16.3 Å². The van der Waals surface area contributed by atoms with Crippen molar-refractivity contribution < 1.29 is 18.0 Å². The van der Waals surface area contributed by atoms with E-state index in [1.807, 2.05) is 24.3 Å². The van der Waals surface area contributed by atoms with Gasteiger partial charge in [0.2, 0.25) is 0 Å². The molecule has 0 aliphatic heterocycles. The van der Waals surface area contributed by atoms with Gasteiger partial charge in [0.05, 0.1) is 16.3 Å². The lowest BCUT2D eigenvalue weighted by Gasteiger charge is -2.09. The van der Waals surface area contributed by atoms with Crippen LogP contribution in [0, 0.1) is 0 Å². The second-order valence-corrected chi connectivity index (χ2v) is 8.55. The first-order valence-electron chi connectivity index (χ1n) is 10.6. The van der Waals surface area contributed by atoms with Gasteiger partial charge in [-0.2, -0.15) is 18.3 Å². The van der Waals surface area contributed by atoms with Crippen LogP contribution in [-0.2, 0) is 12.6 Å². The van der Waals surface area contributed by atoms with Gasteiger partial charge in [-0.05, 0) is 72.3 Å². The van der Waals surface area contributed by atoms with Crippen LogP contribution < -0.4 is 5.32 Å². The molecule has 0 bridgehead atoms. The van der Waals surface area contributed by atoms with Gasteiger partial charge in [0.25, 0.3) is 5.91 Å². The molecular formula is C25H22F3N3OS. The molecule has 170 valence electrons. The van der Waals surface area contributed by atoms with Gasteiger partial charge in [-0.25, -0.2) is 4.68 Å². The molecule has 0 fully saturated rings. The number of carbonyl (C=O) groups is 1. The lowest BCUT2D eigenvalue weighted by Crippen LogP contribution is -2.12. The minimum Gasteiger partial charge on any atom is -0.322 e. The number of rotatable bonds is 7. The number of halogens is 3. The number of thiophene rings is 1. The van der Waals surface area contributed by atoms with Gasteiger partial charge in [0.1, 0.15) is 0 Å². The average molecular weight is 470 g/mol. The van der Waals surface area contributed by atoms with Crippen LogP contribution in [0.3, 0.4) is 0 Å². The first kappa shape index (κ1) is 22.8. The Morgan fingerprint density at radius 2 is 1.79 bits per heavy atom. The van der Waals surface area contributed by atoms with Gasteiger partial charge in [-0.15, -0.1) is 11.3 Å². The fourth-order valence-electron chi connectivity index (χ4n) is 3.41. The molecule has 0 saturated carbocycles. The van der Waals surface area contributed by atoms with Crippen molar-refractivity contribution in [1.29, 1.82) is 0 Å². The number of aromatic nitrogens is 2. The molecule has 0 radical (unpaired) electrons. The van der Waals surface area contributed by atoms with Crippen molar-refractivity contribution >= 4 is 22.9 Å². The molecule has 2 heterocycles. The number of hydrogen-bond acceptors (Lipinski definition) is 3. The van der Waals surface area contributed by atoms with Crippen molar-refractivity contribution in [3.63, 3.8) is 0 Å². The Morgan fingerprint density at radius 1 is 1.06 bits per heavy atom. The number of aryl methyl sites for hydroxylation is 1. The Hall–Kier alpha value is -3.39. The van der Waals surface area contributed by atoms with Crippen LogP contribution in [0.2, 0.25) is 0 Å². The van der Waals surface area contributed by atoms with E-state index in [4.69, 9.17) is 0 Å². The van der Waals surface area contributed by atoms with E-state index >= 15 is 0 Å². The van der Waals surface area contributed by atoms with Crippen LogP contribution in [0.25, 0.3) is 16.3 Å². The maximum Gasteiger partial charge on any atom is 0.435 e. The summed E-state index contributed by atoms with van der Waals surface area (Å²) in [6, 6.07) is 18.6. The molecular weight excluding hydrogens is 447 g/mol. The first-order chi connectivity index (χ1) is 15.8. The van der Waals surface area contributed by atoms with E-state index in [0.717, 1.165) is 25.3 Å². The molecule has 0 aliphatic rings. The van der Waals surface area contributed by atoms with Gasteiger partial charge in [-0.3, -0.25) is 4.79 Å². The molecule has 0 spiro atoms. The number of unbranched alkanes of at least 4 members (excludes halogenated alkanes) is 1. The van der Waals surface area contributed by atoms with Crippen molar-refractivity contribution in [2.45, 2.75) is 32.4 Å². The molecule has 8 heteroatoms. The lowest BCUT2D eigenvalue weighted by molar-refractivity contribution is -0.141. The predicted octanol–water partition coefficient (Wildman–Crippen LogP) is 7.21. The van der Waals surface area contributed by atoms with Gasteiger partial charge >= 0.3 is 6.18 Å². The highest BCUT2D eigenvalue weighted by atomic mass is 32.1. The number of amides is 1. The normalized spacial score (nSPS) is 11.5. The summed E-state index contributed by atoms with van der Waals surface area (Å²) in [5, 5.41) is 8.42. The quantitative estimate of drug-likeness (QED) is 0.311. The van der Waals surface area contributed by atoms with Gasteiger partial charge in [-0.1, -0.05) is 31.5 Å². The number of hydrogen-bond donors (Lipinski definition) is 1. The Balaban J connectivity index is 1.54. The minimum absolute atomic E-state index is 0.294. The zero-order chi connectivity index (χ0) is 23.4. The van der Waals surface area contributed by atoms with Gasteiger partial charge in [0, 0.05) is 11.3 Å². The lowest BCUT2D eigenvalue weighted by atomic mass is 10.1. The number of carbonyl (C=O) groups excluding carboxylic acids is 1. The molecule has 33 heavy (non-hydrogen) atoms. The van der Waals surface area contributed by atoms with E-state index in [1.165, 1.54) is 21.6 Å². The third kappa shape index (κ3) is 5.34. The maximum absolute atomic E-state index is 13.3. The third-order valence-corrected chi connectivity index (χ3v) is 6.07. The Labute approximate surface area is 193 Å². The van der Waals surface area contributed by atoms with Gasteiger partial charge < -0.3 is 5.32 Å². The van der Waals surface area contributed by atoms with E-state index in [2.05, 4.69) is 17.3 Å². The molecule has 0 atom stereocenters. The summed E-state index contributed by atoms with van der Waals surface area (Å²) in [5.41, 5.74) is 2.12. The number of nitrogens with zero attached hydrogens (tertiary/aromatic N) is 2. The number of alkyl halides is 3. The maximum atomic E-state index is 13.3. The van der Waals surface area contributed by atoms with Crippen LogP contribution >= 0.6 is 11.3 Å². The molecule has 4 nitrogen and oxygen atoms in total. The van der Waals surface area contributed by atoms with Crippen LogP contribution in [0.4, 0.5) is 18.9 Å². The van der Waals surface area contributed by atoms with E-state index in [0.29, 0.717) is 27.5 Å². The Kier molecular flexibility index (Phi) is 6.65. The SMILES string of the molecule is CCCCc1ccc(NC(=O)c2ccc(-n3nc(C(F)(F)F)cc3-c3cccs3)cc2)cc1. The smallest absolute Gasteiger partial charge is 0.322 e. The summed E-state index contributed by atoms with van der Waals surface area (Å²) in [4.78, 5) is 13.3. The zero-order valence-electron chi connectivity index (χ0n) is 17.9. The summed E-state index contributed by atoms with van der Waals surface area (Å²) < 4.78 is 41.1. The van der Waals surface area contributed by atoms with Crippen molar-refractivity contribution in [1.82, 2.24) is 9.78 Å². The monoisotopic (exact) mass is 469 g/mol. The summed E-state index contributed by atoms with van der Waals surface area (Å²) in [6.07, 6.45) is -1.31. The fourth-order valence-corrected chi connectivity index (χ4v) is 4.14.